The van der Waals surface area contributed by atoms with Crippen molar-refractivity contribution in [1.29, 1.82) is 0 Å². The van der Waals surface area contributed by atoms with Gasteiger partial charge in [-0.05, 0) is 64.2 Å². The van der Waals surface area contributed by atoms with Crippen molar-refractivity contribution in [3.63, 3.8) is 0 Å². The third-order valence-corrected chi connectivity index (χ3v) is 12.9. The Balaban J connectivity index is 2.37. The molecule has 0 amide bonds. The number of ether oxygens (including phenoxy) is 4. The molecule has 0 bridgehead atoms. The van der Waals surface area contributed by atoms with Crippen molar-refractivity contribution >= 4 is 22.1 Å². The van der Waals surface area contributed by atoms with E-state index in [4.69, 9.17) is 18.9 Å². The van der Waals surface area contributed by atoms with Crippen molar-refractivity contribution in [3.8, 4) is 0 Å². The Morgan fingerprint density at radius 2 is 0.909 bits per heavy atom. The number of carbonyl (C=O) groups excluding carboxylic acids is 2. The van der Waals surface area contributed by atoms with E-state index in [9.17, 15) is 37.9 Å². The van der Waals surface area contributed by atoms with E-state index in [0.717, 1.165) is 38.5 Å². The van der Waals surface area contributed by atoms with Crippen molar-refractivity contribution in [3.05, 3.63) is 36.5 Å². The van der Waals surface area contributed by atoms with Crippen LogP contribution in [0.2, 0.25) is 0 Å². The fraction of sp³-hybridized carbons (Fsp3) is 0.849. The van der Waals surface area contributed by atoms with Crippen molar-refractivity contribution < 1.29 is 56.8 Å². The molecule has 12 nitrogen and oxygen atoms in total. The lowest BCUT2D eigenvalue weighted by molar-refractivity contribution is -0.297. The molecular formula is C53H96O12S. The molecule has 1 heterocycles. The van der Waals surface area contributed by atoms with E-state index in [2.05, 4.69) is 50.3 Å². The molecule has 0 aromatic rings. The lowest BCUT2D eigenvalue weighted by atomic mass is 10.00. The number of carbonyl (C=O) groups is 2. The monoisotopic (exact) mass is 957 g/mol. The Labute approximate surface area is 401 Å². The predicted molar refractivity (Wildman–Crippen MR) is 266 cm³/mol. The van der Waals surface area contributed by atoms with Crippen molar-refractivity contribution in [2.75, 3.05) is 19.0 Å². The first kappa shape index (κ1) is 61.9. The second-order valence-corrected chi connectivity index (χ2v) is 20.0. The number of rotatable bonds is 45. The second kappa shape index (κ2) is 42.9. The molecule has 13 heteroatoms. The third kappa shape index (κ3) is 36.9. The third-order valence-electron chi connectivity index (χ3n) is 12.2. The van der Waals surface area contributed by atoms with E-state index in [0.29, 0.717) is 19.3 Å². The van der Waals surface area contributed by atoms with Gasteiger partial charge < -0.3 is 34.3 Å². The summed E-state index contributed by atoms with van der Waals surface area (Å²) in [6, 6.07) is 0. The van der Waals surface area contributed by atoms with Gasteiger partial charge >= 0.3 is 11.9 Å². The average Bonchev–Trinajstić information content (AvgIpc) is 3.28. The SMILES string of the molecule is CCCC/C=C/CCCCCCCCCCCC(=O)OC[C@H](CO[C@H]1O[C@H](CS(=O)(=O)O)[C@@H](O)C(O)C1O)OC(=O)CCC/C=C/CC/C=C/CCCCCCCCCCCCCCCC. The zero-order chi connectivity index (χ0) is 48.4. The van der Waals surface area contributed by atoms with Crippen LogP contribution in [-0.4, -0.2) is 96.0 Å². The summed E-state index contributed by atoms with van der Waals surface area (Å²) in [5.41, 5.74) is 0. The van der Waals surface area contributed by atoms with E-state index >= 15 is 0 Å². The van der Waals surface area contributed by atoms with E-state index < -0.39 is 71.2 Å². The zero-order valence-corrected chi connectivity index (χ0v) is 42.4. The molecule has 1 aliphatic heterocycles. The molecule has 0 spiro atoms. The molecule has 0 aromatic heterocycles. The summed E-state index contributed by atoms with van der Waals surface area (Å²) in [6.45, 7) is 3.73. The molecule has 1 aliphatic rings. The maximum atomic E-state index is 12.9. The first-order valence-corrected chi connectivity index (χ1v) is 28.2. The molecule has 1 saturated heterocycles. The molecule has 0 aromatic carbocycles. The lowest BCUT2D eigenvalue weighted by Crippen LogP contribution is -2.60. The van der Waals surface area contributed by atoms with Gasteiger partial charge in [-0.1, -0.05) is 192 Å². The zero-order valence-electron chi connectivity index (χ0n) is 41.6. The molecule has 6 atom stereocenters. The Hall–Kier alpha value is -2.13. The van der Waals surface area contributed by atoms with Crippen LogP contribution in [0, 0.1) is 0 Å². The molecule has 386 valence electrons. The molecule has 1 rings (SSSR count). The molecular weight excluding hydrogens is 861 g/mol. The van der Waals surface area contributed by atoms with Crippen LogP contribution in [0.3, 0.4) is 0 Å². The Kier molecular flexibility index (Phi) is 40.3. The Morgan fingerprint density at radius 1 is 0.500 bits per heavy atom. The van der Waals surface area contributed by atoms with Gasteiger partial charge in [0, 0.05) is 12.8 Å². The van der Waals surface area contributed by atoms with Crippen molar-refractivity contribution in [2.24, 2.45) is 0 Å². The molecule has 4 N–H and O–H groups in total. The predicted octanol–water partition coefficient (Wildman–Crippen LogP) is 12.1. The number of hydrogen-bond donors (Lipinski definition) is 4. The largest absolute Gasteiger partial charge is 0.462 e. The molecule has 66 heavy (non-hydrogen) atoms. The highest BCUT2D eigenvalue weighted by atomic mass is 32.2. The van der Waals surface area contributed by atoms with Crippen LogP contribution in [0.25, 0.3) is 0 Å². The maximum Gasteiger partial charge on any atom is 0.306 e. The van der Waals surface area contributed by atoms with Crippen LogP contribution < -0.4 is 0 Å². The van der Waals surface area contributed by atoms with Gasteiger partial charge in [-0.15, -0.1) is 0 Å². The summed E-state index contributed by atoms with van der Waals surface area (Å²) in [7, 11) is -4.61. The summed E-state index contributed by atoms with van der Waals surface area (Å²) in [5, 5.41) is 31.0. The fourth-order valence-corrected chi connectivity index (χ4v) is 8.72. The summed E-state index contributed by atoms with van der Waals surface area (Å²) in [6.07, 6.45) is 42.0. The molecule has 0 saturated carbocycles. The van der Waals surface area contributed by atoms with Gasteiger partial charge in [-0.3, -0.25) is 14.1 Å². The van der Waals surface area contributed by atoms with Gasteiger partial charge in [0.15, 0.2) is 12.4 Å². The molecule has 2 unspecified atom stereocenters. The van der Waals surface area contributed by atoms with E-state index in [1.807, 2.05) is 0 Å². The van der Waals surface area contributed by atoms with Crippen LogP contribution in [0.5, 0.6) is 0 Å². The Bertz CT molecular complexity index is 1350. The van der Waals surface area contributed by atoms with Crippen LogP contribution in [0.1, 0.15) is 232 Å². The van der Waals surface area contributed by atoms with E-state index in [-0.39, 0.29) is 19.4 Å². The first-order chi connectivity index (χ1) is 32.0. The van der Waals surface area contributed by atoms with Gasteiger partial charge in [0.05, 0.1) is 6.61 Å². The number of unbranched alkanes of at least 4 members (excludes halogenated alkanes) is 27. The Morgan fingerprint density at radius 3 is 1.39 bits per heavy atom. The normalized spacial score (nSPS) is 19.6. The standard InChI is InChI=1S/C53H96O12S/c1-3-5-7-9-11-13-15-17-19-20-21-22-23-24-25-26-28-30-32-34-36-38-40-42-49(55)64-46(44-63-53-52(58)51(57)50(56)47(65-53)45-66(59,60)61)43-62-48(54)41-39-37-35-33-31-29-27-18-16-14-12-10-8-6-4-2/h10,12,26,28,34,36,46-47,50-53,56-58H,3-9,11,13-25,27,29-33,35,37-45H2,1-2H3,(H,59,60,61)/b12-10+,28-26+,36-34+/t46-,47-,50-,51?,52?,53+/m1/s1. The van der Waals surface area contributed by atoms with Gasteiger partial charge in [-0.2, -0.15) is 8.42 Å². The average molecular weight is 957 g/mol. The maximum absolute atomic E-state index is 12.9. The first-order valence-electron chi connectivity index (χ1n) is 26.5. The highest BCUT2D eigenvalue weighted by molar-refractivity contribution is 7.85. The fourth-order valence-electron chi connectivity index (χ4n) is 8.03. The molecule has 0 aliphatic carbocycles. The van der Waals surface area contributed by atoms with E-state index in [1.165, 1.54) is 148 Å². The van der Waals surface area contributed by atoms with Gasteiger partial charge in [0.25, 0.3) is 10.1 Å². The number of aliphatic hydroxyl groups excluding tert-OH is 3. The van der Waals surface area contributed by atoms with Gasteiger partial charge in [-0.25, -0.2) is 0 Å². The molecule has 0 radical (unpaired) electrons. The van der Waals surface area contributed by atoms with Gasteiger partial charge in [0.1, 0.15) is 36.8 Å². The summed E-state index contributed by atoms with van der Waals surface area (Å²) in [5.74, 6) is -2.03. The summed E-state index contributed by atoms with van der Waals surface area (Å²) < 4.78 is 54.2. The number of allylic oxidation sites excluding steroid dienone is 6. The topological polar surface area (TPSA) is 186 Å². The van der Waals surface area contributed by atoms with Crippen LogP contribution >= 0.6 is 0 Å². The molecule has 1 fully saturated rings. The minimum atomic E-state index is -4.61. The van der Waals surface area contributed by atoms with Crippen LogP contribution in [-0.2, 0) is 38.7 Å². The lowest BCUT2D eigenvalue weighted by Gasteiger charge is -2.40. The number of hydrogen-bond acceptors (Lipinski definition) is 11. The van der Waals surface area contributed by atoms with E-state index in [1.54, 1.807) is 0 Å². The minimum Gasteiger partial charge on any atom is -0.462 e. The highest BCUT2D eigenvalue weighted by Gasteiger charge is 2.46. The van der Waals surface area contributed by atoms with Crippen LogP contribution in [0.4, 0.5) is 0 Å². The van der Waals surface area contributed by atoms with Gasteiger partial charge in [0.2, 0.25) is 0 Å². The minimum absolute atomic E-state index is 0.105. The summed E-state index contributed by atoms with van der Waals surface area (Å²) in [4.78, 5) is 25.5. The quantitative estimate of drug-likeness (QED) is 0.0196. The second-order valence-electron chi connectivity index (χ2n) is 18.5. The van der Waals surface area contributed by atoms with Crippen molar-refractivity contribution in [1.82, 2.24) is 0 Å². The summed E-state index contributed by atoms with van der Waals surface area (Å²) >= 11 is 0. The smallest absolute Gasteiger partial charge is 0.306 e. The highest BCUT2D eigenvalue weighted by Crippen LogP contribution is 2.24. The van der Waals surface area contributed by atoms with Crippen molar-refractivity contribution in [2.45, 2.75) is 269 Å². The number of aliphatic hydroxyl groups is 3. The van der Waals surface area contributed by atoms with Crippen LogP contribution in [0.15, 0.2) is 36.5 Å². The number of esters is 2.